The zero-order chi connectivity index (χ0) is 22.6. The second-order valence-electron chi connectivity index (χ2n) is 13.0. The van der Waals surface area contributed by atoms with Crippen molar-refractivity contribution in [1.82, 2.24) is 0 Å². The van der Waals surface area contributed by atoms with E-state index in [0.717, 1.165) is 42.9 Å². The van der Waals surface area contributed by atoms with E-state index in [9.17, 15) is 10.2 Å². The Morgan fingerprint density at radius 1 is 0.968 bits per heavy atom. The van der Waals surface area contributed by atoms with Gasteiger partial charge in [-0.3, -0.25) is 0 Å². The highest BCUT2D eigenvalue weighted by atomic mass is 16.3. The van der Waals surface area contributed by atoms with Crippen molar-refractivity contribution in [2.75, 3.05) is 0 Å². The Kier molecular flexibility index (Phi) is 6.75. The molecule has 0 heterocycles. The highest BCUT2D eigenvalue weighted by molar-refractivity contribution is 5.27. The van der Waals surface area contributed by atoms with Gasteiger partial charge in [0.1, 0.15) is 0 Å². The molecule has 2 N–H and O–H groups in total. The van der Waals surface area contributed by atoms with Gasteiger partial charge >= 0.3 is 0 Å². The van der Waals surface area contributed by atoms with Crippen LogP contribution in [0.25, 0.3) is 0 Å². The fourth-order valence-corrected chi connectivity index (χ4v) is 9.29. The van der Waals surface area contributed by atoms with Crippen LogP contribution in [0, 0.1) is 52.3 Å². The van der Waals surface area contributed by atoms with Gasteiger partial charge in [-0.1, -0.05) is 66.0 Å². The summed E-state index contributed by atoms with van der Waals surface area (Å²) in [5.41, 5.74) is 1.97. The van der Waals surface area contributed by atoms with E-state index >= 15 is 0 Å². The molecular formula is C29H50O2. The van der Waals surface area contributed by atoms with Gasteiger partial charge in [0.05, 0.1) is 12.2 Å². The van der Waals surface area contributed by atoms with Crippen LogP contribution in [0.4, 0.5) is 0 Å². The average molecular weight is 431 g/mol. The topological polar surface area (TPSA) is 40.5 Å². The molecule has 10 atom stereocenters. The highest BCUT2D eigenvalue weighted by Gasteiger charge is 2.61. The van der Waals surface area contributed by atoms with E-state index < -0.39 is 0 Å². The Bertz CT molecular complexity index is 668. The Morgan fingerprint density at radius 2 is 1.71 bits per heavy atom. The predicted octanol–water partition coefficient (Wildman–Crippen LogP) is 7.00. The van der Waals surface area contributed by atoms with Gasteiger partial charge in [-0.05, 0) is 104 Å². The normalized spacial score (nSPS) is 46.7. The fourth-order valence-electron chi connectivity index (χ4n) is 9.29. The van der Waals surface area contributed by atoms with Crippen molar-refractivity contribution in [3.8, 4) is 0 Å². The van der Waals surface area contributed by atoms with Crippen LogP contribution in [-0.4, -0.2) is 22.4 Å². The van der Waals surface area contributed by atoms with Crippen LogP contribution in [0.1, 0.15) is 106 Å². The number of hydrogen-bond donors (Lipinski definition) is 2. The minimum atomic E-state index is -0.303. The molecule has 0 radical (unpaired) electrons. The van der Waals surface area contributed by atoms with Gasteiger partial charge in [0.25, 0.3) is 0 Å². The standard InChI is InChI=1S/C29H50O2/c1-7-20(18(2)3)9-8-19(4)23-10-11-24-27-25(13-15-29(23,24)6)28(5)14-12-22(30)16-21(28)17-26(27)31/h17-20,22-27,30-31H,7-16H2,1-6H3/t19?,20?,22?,23-,24+,25+,26?,27+,28+,29-/m1/s1. The van der Waals surface area contributed by atoms with E-state index in [1.165, 1.54) is 50.5 Å². The molecule has 2 nitrogen and oxygen atoms in total. The van der Waals surface area contributed by atoms with Crippen LogP contribution in [0.3, 0.4) is 0 Å². The van der Waals surface area contributed by atoms with Gasteiger partial charge < -0.3 is 10.2 Å². The van der Waals surface area contributed by atoms with E-state index in [2.05, 4.69) is 47.6 Å². The lowest BCUT2D eigenvalue weighted by Crippen LogP contribution is -2.54. The van der Waals surface area contributed by atoms with Crippen molar-refractivity contribution >= 4 is 0 Å². The third-order valence-electron chi connectivity index (χ3n) is 11.3. The van der Waals surface area contributed by atoms with Crippen molar-refractivity contribution in [2.24, 2.45) is 52.3 Å². The first kappa shape index (κ1) is 23.8. The number of hydrogen-bond acceptors (Lipinski definition) is 2. The largest absolute Gasteiger partial charge is 0.393 e. The average Bonchev–Trinajstić information content (AvgIpc) is 3.06. The summed E-state index contributed by atoms with van der Waals surface area (Å²) in [6.45, 7) is 14.7. The quantitative estimate of drug-likeness (QED) is 0.446. The van der Waals surface area contributed by atoms with Crippen molar-refractivity contribution in [1.29, 1.82) is 0 Å². The summed E-state index contributed by atoms with van der Waals surface area (Å²) >= 11 is 0. The van der Waals surface area contributed by atoms with Crippen molar-refractivity contribution < 1.29 is 10.2 Å². The van der Waals surface area contributed by atoms with Crippen molar-refractivity contribution in [2.45, 2.75) is 118 Å². The summed E-state index contributed by atoms with van der Waals surface area (Å²) in [5, 5.41) is 21.6. The first-order chi connectivity index (χ1) is 14.6. The molecule has 4 unspecified atom stereocenters. The first-order valence-electron chi connectivity index (χ1n) is 13.7. The van der Waals surface area contributed by atoms with Crippen LogP contribution < -0.4 is 0 Å². The van der Waals surface area contributed by atoms with Gasteiger partial charge in [-0.15, -0.1) is 0 Å². The Labute approximate surface area is 192 Å². The zero-order valence-corrected chi connectivity index (χ0v) is 21.2. The third kappa shape index (κ3) is 3.96. The summed E-state index contributed by atoms with van der Waals surface area (Å²) in [7, 11) is 0. The Hall–Kier alpha value is -0.340. The molecule has 4 aliphatic carbocycles. The molecule has 0 aromatic rings. The molecule has 0 bridgehead atoms. The smallest absolute Gasteiger partial charge is 0.0757 e. The molecule has 2 heteroatoms. The van der Waals surface area contributed by atoms with E-state index in [1.807, 2.05) is 0 Å². The molecule has 3 fully saturated rings. The van der Waals surface area contributed by atoms with E-state index in [0.29, 0.717) is 23.2 Å². The Morgan fingerprint density at radius 3 is 2.39 bits per heavy atom. The molecule has 4 aliphatic rings. The molecule has 0 aromatic heterocycles. The number of aliphatic hydroxyl groups excluding tert-OH is 2. The summed E-state index contributed by atoms with van der Waals surface area (Å²) in [6, 6.07) is 0. The minimum absolute atomic E-state index is 0.202. The number of rotatable bonds is 6. The molecular weight excluding hydrogens is 380 g/mol. The maximum Gasteiger partial charge on any atom is 0.0757 e. The first-order valence-corrected chi connectivity index (χ1v) is 13.7. The van der Waals surface area contributed by atoms with E-state index in [-0.39, 0.29) is 17.6 Å². The lowest BCUT2D eigenvalue weighted by Gasteiger charge is -2.59. The maximum atomic E-state index is 11.3. The van der Waals surface area contributed by atoms with Crippen LogP contribution in [-0.2, 0) is 0 Å². The Balaban J connectivity index is 1.52. The van der Waals surface area contributed by atoms with Crippen LogP contribution in [0.2, 0.25) is 0 Å². The van der Waals surface area contributed by atoms with Gasteiger partial charge in [0.2, 0.25) is 0 Å². The van der Waals surface area contributed by atoms with Gasteiger partial charge in [-0.25, -0.2) is 0 Å². The van der Waals surface area contributed by atoms with Crippen LogP contribution in [0.15, 0.2) is 11.6 Å². The molecule has 3 saturated carbocycles. The number of aliphatic hydroxyl groups is 2. The van der Waals surface area contributed by atoms with E-state index in [1.54, 1.807) is 0 Å². The van der Waals surface area contributed by atoms with Crippen molar-refractivity contribution in [3.05, 3.63) is 11.6 Å². The zero-order valence-electron chi connectivity index (χ0n) is 21.2. The molecule has 4 rings (SSSR count). The molecule has 0 amide bonds. The lowest BCUT2D eigenvalue weighted by molar-refractivity contribution is -0.0972. The second-order valence-corrected chi connectivity index (χ2v) is 13.0. The van der Waals surface area contributed by atoms with Crippen LogP contribution >= 0.6 is 0 Å². The summed E-state index contributed by atoms with van der Waals surface area (Å²) in [6.07, 6.45) is 13.9. The summed E-state index contributed by atoms with van der Waals surface area (Å²) < 4.78 is 0. The van der Waals surface area contributed by atoms with Crippen LogP contribution in [0.5, 0.6) is 0 Å². The predicted molar refractivity (Wildman–Crippen MR) is 130 cm³/mol. The molecule has 0 spiro atoms. The molecule has 178 valence electrons. The molecule has 0 saturated heterocycles. The third-order valence-corrected chi connectivity index (χ3v) is 11.3. The van der Waals surface area contributed by atoms with Gasteiger partial charge in [-0.2, -0.15) is 0 Å². The minimum Gasteiger partial charge on any atom is -0.393 e. The maximum absolute atomic E-state index is 11.3. The molecule has 31 heavy (non-hydrogen) atoms. The van der Waals surface area contributed by atoms with Gasteiger partial charge in [0, 0.05) is 0 Å². The highest BCUT2D eigenvalue weighted by Crippen LogP contribution is 2.67. The SMILES string of the molecule is CCC(CCC(C)[C@H]1CC[C@H]2[C@@H]3C(O)C=C4CC(O)CC[C@]4(C)[C@H]3CC[C@]12C)C(C)C. The monoisotopic (exact) mass is 430 g/mol. The van der Waals surface area contributed by atoms with Gasteiger partial charge in [0.15, 0.2) is 0 Å². The summed E-state index contributed by atoms with van der Waals surface area (Å²) in [5.74, 6) is 4.99. The summed E-state index contributed by atoms with van der Waals surface area (Å²) in [4.78, 5) is 0. The second kappa shape index (κ2) is 8.79. The fraction of sp³-hybridized carbons (Fsp3) is 0.931. The van der Waals surface area contributed by atoms with Crippen molar-refractivity contribution in [3.63, 3.8) is 0 Å². The molecule has 0 aromatic carbocycles. The molecule has 0 aliphatic heterocycles. The number of fused-ring (bicyclic) bond motifs is 5. The van der Waals surface area contributed by atoms with E-state index in [4.69, 9.17) is 0 Å². The lowest BCUT2D eigenvalue weighted by atomic mass is 9.46.